The van der Waals surface area contributed by atoms with Crippen molar-refractivity contribution in [1.82, 2.24) is 19.7 Å². The molecule has 116 valence electrons. The van der Waals surface area contributed by atoms with Crippen LogP contribution in [-0.2, 0) is 0 Å². The Labute approximate surface area is 132 Å². The van der Waals surface area contributed by atoms with E-state index in [0.717, 1.165) is 5.56 Å². The summed E-state index contributed by atoms with van der Waals surface area (Å²) in [7, 11) is 0. The number of halogens is 1. The molecule has 6 nitrogen and oxygen atoms in total. The van der Waals surface area contributed by atoms with Crippen molar-refractivity contribution in [2.24, 2.45) is 0 Å². The number of nitrogens with zero attached hydrogens (tertiary/aromatic N) is 4. The second-order valence-corrected chi connectivity index (χ2v) is 5.04. The van der Waals surface area contributed by atoms with Gasteiger partial charge in [0.05, 0.1) is 5.69 Å². The number of nitrogens with one attached hydrogen (secondary N) is 1. The standard InChI is InChI=1S/C16H14FN5O/c1-10-7-8-18-14(9-10)20-16(23)15-19-11(2)22(21-15)13-5-3-12(17)4-6-13/h3-9H,1-2H3,(H,18,20,23). The van der Waals surface area contributed by atoms with Gasteiger partial charge in [0.2, 0.25) is 5.82 Å². The minimum atomic E-state index is -0.452. The lowest BCUT2D eigenvalue weighted by molar-refractivity contribution is 0.101. The van der Waals surface area contributed by atoms with Gasteiger partial charge in [-0.3, -0.25) is 4.79 Å². The van der Waals surface area contributed by atoms with E-state index in [1.807, 2.05) is 13.0 Å². The van der Waals surface area contributed by atoms with Crippen LogP contribution in [0.5, 0.6) is 0 Å². The number of carbonyl (C=O) groups is 1. The lowest BCUT2D eigenvalue weighted by Crippen LogP contribution is -2.15. The largest absolute Gasteiger partial charge is 0.304 e. The lowest BCUT2D eigenvalue weighted by atomic mass is 10.3. The summed E-state index contributed by atoms with van der Waals surface area (Å²) in [4.78, 5) is 20.4. The molecule has 23 heavy (non-hydrogen) atoms. The molecule has 3 aromatic rings. The number of hydrogen-bond donors (Lipinski definition) is 1. The number of aryl methyl sites for hydroxylation is 2. The van der Waals surface area contributed by atoms with E-state index in [1.165, 1.54) is 16.8 Å². The van der Waals surface area contributed by atoms with Crippen LogP contribution in [-0.4, -0.2) is 25.7 Å². The number of aromatic nitrogens is 4. The zero-order chi connectivity index (χ0) is 16.4. The molecule has 0 saturated carbocycles. The third kappa shape index (κ3) is 3.23. The topological polar surface area (TPSA) is 72.7 Å². The van der Waals surface area contributed by atoms with Gasteiger partial charge in [0, 0.05) is 6.20 Å². The normalized spacial score (nSPS) is 10.6. The molecular formula is C16H14FN5O. The van der Waals surface area contributed by atoms with Crippen molar-refractivity contribution in [1.29, 1.82) is 0 Å². The van der Waals surface area contributed by atoms with Gasteiger partial charge < -0.3 is 5.32 Å². The molecule has 0 aliphatic rings. The predicted molar refractivity (Wildman–Crippen MR) is 83.0 cm³/mol. The fourth-order valence-corrected chi connectivity index (χ4v) is 2.09. The van der Waals surface area contributed by atoms with Gasteiger partial charge >= 0.3 is 0 Å². The predicted octanol–water partition coefficient (Wildman–Crippen LogP) is 2.67. The first kappa shape index (κ1) is 14.8. The molecule has 1 N–H and O–H groups in total. The second kappa shape index (κ2) is 5.96. The summed E-state index contributed by atoms with van der Waals surface area (Å²) in [5.41, 5.74) is 1.61. The number of benzene rings is 1. The van der Waals surface area contributed by atoms with Crippen molar-refractivity contribution in [3.05, 3.63) is 65.6 Å². The van der Waals surface area contributed by atoms with Gasteiger partial charge in [-0.15, -0.1) is 5.10 Å². The van der Waals surface area contributed by atoms with Crippen LogP contribution in [0, 0.1) is 19.7 Å². The van der Waals surface area contributed by atoms with Gasteiger partial charge in [-0.1, -0.05) is 0 Å². The van der Waals surface area contributed by atoms with E-state index >= 15 is 0 Å². The summed E-state index contributed by atoms with van der Waals surface area (Å²) in [6, 6.07) is 9.38. The molecule has 0 fully saturated rings. The third-order valence-electron chi connectivity index (χ3n) is 3.20. The molecule has 3 rings (SSSR count). The van der Waals surface area contributed by atoms with E-state index in [4.69, 9.17) is 0 Å². The van der Waals surface area contributed by atoms with Crippen LogP contribution < -0.4 is 5.32 Å². The number of hydrogen-bond acceptors (Lipinski definition) is 4. The van der Waals surface area contributed by atoms with Crippen LogP contribution in [0.15, 0.2) is 42.6 Å². The van der Waals surface area contributed by atoms with Crippen LogP contribution in [0.2, 0.25) is 0 Å². The monoisotopic (exact) mass is 311 g/mol. The summed E-state index contributed by atoms with van der Waals surface area (Å²) in [5, 5.41) is 6.82. The number of pyridine rings is 1. The highest BCUT2D eigenvalue weighted by Crippen LogP contribution is 2.12. The highest BCUT2D eigenvalue weighted by atomic mass is 19.1. The van der Waals surface area contributed by atoms with Crippen molar-refractivity contribution in [3.8, 4) is 5.69 Å². The third-order valence-corrected chi connectivity index (χ3v) is 3.20. The van der Waals surface area contributed by atoms with Crippen molar-refractivity contribution in [3.63, 3.8) is 0 Å². The van der Waals surface area contributed by atoms with Crippen molar-refractivity contribution in [2.45, 2.75) is 13.8 Å². The van der Waals surface area contributed by atoms with Gasteiger partial charge in [-0.25, -0.2) is 19.0 Å². The quantitative estimate of drug-likeness (QED) is 0.807. The fraction of sp³-hybridized carbons (Fsp3) is 0.125. The van der Waals surface area contributed by atoms with E-state index in [9.17, 15) is 9.18 Å². The maximum atomic E-state index is 13.0. The molecule has 1 aromatic carbocycles. The SMILES string of the molecule is Cc1ccnc(NC(=O)c2nc(C)n(-c3ccc(F)cc3)n2)c1. The molecule has 0 unspecified atom stereocenters. The average molecular weight is 311 g/mol. The van der Waals surface area contributed by atoms with Gasteiger partial charge in [0.1, 0.15) is 17.5 Å². The van der Waals surface area contributed by atoms with Gasteiger partial charge in [-0.05, 0) is 55.8 Å². The number of carbonyl (C=O) groups excluding carboxylic acids is 1. The van der Waals surface area contributed by atoms with E-state index in [-0.39, 0.29) is 11.6 Å². The Morgan fingerprint density at radius 3 is 2.61 bits per heavy atom. The maximum Gasteiger partial charge on any atom is 0.296 e. The Morgan fingerprint density at radius 1 is 1.17 bits per heavy atom. The highest BCUT2D eigenvalue weighted by Gasteiger charge is 2.16. The van der Waals surface area contributed by atoms with Crippen LogP contribution >= 0.6 is 0 Å². The summed E-state index contributed by atoms with van der Waals surface area (Å²) >= 11 is 0. The summed E-state index contributed by atoms with van der Waals surface area (Å²) < 4.78 is 14.5. The van der Waals surface area contributed by atoms with Crippen LogP contribution in [0.3, 0.4) is 0 Å². The lowest BCUT2D eigenvalue weighted by Gasteiger charge is -2.02. The van der Waals surface area contributed by atoms with Crippen molar-refractivity contribution >= 4 is 11.7 Å². The Hall–Kier alpha value is -3.09. The molecule has 0 saturated heterocycles. The van der Waals surface area contributed by atoms with Crippen LogP contribution in [0.1, 0.15) is 22.0 Å². The molecule has 0 aliphatic carbocycles. The average Bonchev–Trinajstić information content (AvgIpc) is 2.90. The Kier molecular flexibility index (Phi) is 3.84. The first-order valence-electron chi connectivity index (χ1n) is 6.96. The zero-order valence-corrected chi connectivity index (χ0v) is 12.6. The smallest absolute Gasteiger partial charge is 0.296 e. The van der Waals surface area contributed by atoms with Gasteiger partial charge in [0.15, 0.2) is 0 Å². The first-order valence-corrected chi connectivity index (χ1v) is 6.96. The number of amides is 1. The Balaban J connectivity index is 1.85. The minimum absolute atomic E-state index is 0.0233. The molecule has 7 heteroatoms. The van der Waals surface area contributed by atoms with E-state index in [1.54, 1.807) is 31.3 Å². The van der Waals surface area contributed by atoms with E-state index < -0.39 is 5.91 Å². The molecule has 0 spiro atoms. The molecule has 0 aliphatic heterocycles. The molecule has 0 bridgehead atoms. The van der Waals surface area contributed by atoms with Crippen LogP contribution in [0.4, 0.5) is 10.2 Å². The minimum Gasteiger partial charge on any atom is -0.304 e. The zero-order valence-electron chi connectivity index (χ0n) is 12.6. The number of rotatable bonds is 3. The molecule has 2 heterocycles. The van der Waals surface area contributed by atoms with E-state index in [0.29, 0.717) is 17.3 Å². The summed E-state index contributed by atoms with van der Waals surface area (Å²) in [5.74, 6) is 0.196. The van der Waals surface area contributed by atoms with Crippen LogP contribution in [0.25, 0.3) is 5.69 Å². The fourth-order valence-electron chi connectivity index (χ4n) is 2.09. The Morgan fingerprint density at radius 2 is 1.91 bits per heavy atom. The Bertz CT molecular complexity index is 857. The maximum absolute atomic E-state index is 13.0. The summed E-state index contributed by atoms with van der Waals surface area (Å²) in [6.45, 7) is 3.63. The molecule has 0 atom stereocenters. The number of anilines is 1. The first-order chi connectivity index (χ1) is 11.0. The summed E-state index contributed by atoms with van der Waals surface area (Å²) in [6.07, 6.45) is 1.61. The van der Waals surface area contributed by atoms with Gasteiger partial charge in [0.25, 0.3) is 5.91 Å². The van der Waals surface area contributed by atoms with Gasteiger partial charge in [-0.2, -0.15) is 0 Å². The second-order valence-electron chi connectivity index (χ2n) is 5.04. The van der Waals surface area contributed by atoms with E-state index in [2.05, 4.69) is 20.4 Å². The molecule has 0 radical (unpaired) electrons. The van der Waals surface area contributed by atoms with Crippen molar-refractivity contribution in [2.75, 3.05) is 5.32 Å². The highest BCUT2D eigenvalue weighted by molar-refractivity contribution is 6.00. The van der Waals surface area contributed by atoms with Crippen molar-refractivity contribution < 1.29 is 9.18 Å². The molecular weight excluding hydrogens is 297 g/mol. The molecule has 2 aromatic heterocycles. The molecule has 1 amide bonds.